The van der Waals surface area contributed by atoms with Gasteiger partial charge in [0.15, 0.2) is 0 Å². The maximum absolute atomic E-state index is 3.78. The summed E-state index contributed by atoms with van der Waals surface area (Å²) in [4.78, 5) is 7.29. The first-order valence-corrected chi connectivity index (χ1v) is 20.9. The molecule has 1 aromatic carbocycles. The van der Waals surface area contributed by atoms with Crippen LogP contribution in [0.5, 0.6) is 0 Å². The Bertz CT molecular complexity index is 340. The van der Waals surface area contributed by atoms with Crippen molar-refractivity contribution in [3.8, 4) is 0 Å². The zero-order chi connectivity index (χ0) is 14.8. The van der Waals surface area contributed by atoms with E-state index in [0.29, 0.717) is 0 Å². The van der Waals surface area contributed by atoms with Gasteiger partial charge >= 0.3 is 0 Å². The van der Waals surface area contributed by atoms with Crippen LogP contribution in [0.25, 0.3) is 0 Å². The predicted molar refractivity (Wildman–Crippen MR) is 106 cm³/mol. The molecule has 1 fully saturated rings. The quantitative estimate of drug-likeness (QED) is 0.777. The molecular weight excluding hydrogens is 309 g/mol. The first kappa shape index (κ1) is 17.9. The largest absolute Gasteiger partial charge is 0.416 e. The molecule has 114 valence electrons. The molecule has 0 bridgehead atoms. The van der Waals surface area contributed by atoms with Crippen LogP contribution in [-0.4, -0.2) is 42.5 Å². The van der Waals surface area contributed by atoms with Crippen LogP contribution in [0.4, 0.5) is 5.69 Å². The van der Waals surface area contributed by atoms with Crippen LogP contribution >= 0.6 is 0 Å². The first-order valence-electron chi connectivity index (χ1n) is 8.15. The van der Waals surface area contributed by atoms with E-state index in [2.05, 4.69) is 47.3 Å². The van der Waals surface area contributed by atoms with Gasteiger partial charge in [0.2, 0.25) is 0 Å². The van der Waals surface area contributed by atoms with Crippen molar-refractivity contribution in [3.63, 3.8) is 0 Å². The van der Waals surface area contributed by atoms with Crippen molar-refractivity contribution < 1.29 is 0 Å². The average Bonchev–Trinajstić information content (AvgIpc) is 2.40. The van der Waals surface area contributed by atoms with Crippen molar-refractivity contribution in [2.75, 3.05) is 4.98 Å². The lowest BCUT2D eigenvalue weighted by atomic mass is 9.96. The molecule has 2 unspecified atom stereocenters. The molecule has 20 heavy (non-hydrogen) atoms. The maximum Gasteiger partial charge on any atom is 0.112 e. The Morgan fingerprint density at radius 3 is 2.05 bits per heavy atom. The molecule has 0 heterocycles. The SMILES string of the molecule is C[SiH]([SiH3])NC1CCCCC1.C[SiH]([SiH3])Nc1ccccc1. The van der Waals surface area contributed by atoms with Gasteiger partial charge < -0.3 is 9.96 Å². The van der Waals surface area contributed by atoms with E-state index in [0.717, 1.165) is 6.04 Å². The molecule has 1 aliphatic rings. The third-order valence-electron chi connectivity index (χ3n) is 3.40. The second kappa shape index (κ2) is 10.6. The van der Waals surface area contributed by atoms with Crippen molar-refractivity contribution in [2.24, 2.45) is 0 Å². The third kappa shape index (κ3) is 8.91. The highest BCUT2D eigenvalue weighted by molar-refractivity contribution is 7.04. The minimum Gasteiger partial charge on any atom is -0.416 e. The Balaban J connectivity index is 0.000000200. The van der Waals surface area contributed by atoms with E-state index in [1.165, 1.54) is 57.3 Å². The normalized spacial score (nSPS) is 18.9. The summed E-state index contributed by atoms with van der Waals surface area (Å²) in [5.41, 5.74) is 1.29. The Labute approximate surface area is 133 Å². The van der Waals surface area contributed by atoms with Crippen molar-refractivity contribution in [2.45, 2.75) is 51.2 Å². The Hall–Kier alpha value is -0.152. The summed E-state index contributed by atoms with van der Waals surface area (Å²) in [6, 6.07) is 11.4. The van der Waals surface area contributed by atoms with Gasteiger partial charge in [0.1, 0.15) is 8.48 Å². The molecule has 0 radical (unpaired) electrons. The zero-order valence-corrected chi connectivity index (χ0v) is 20.0. The lowest BCUT2D eigenvalue weighted by Crippen LogP contribution is -2.41. The van der Waals surface area contributed by atoms with Gasteiger partial charge in [0.25, 0.3) is 0 Å². The summed E-state index contributed by atoms with van der Waals surface area (Å²) in [5, 5.41) is 0. The fourth-order valence-electron chi connectivity index (χ4n) is 2.61. The van der Waals surface area contributed by atoms with Crippen molar-refractivity contribution in [3.05, 3.63) is 30.3 Å². The van der Waals surface area contributed by atoms with E-state index >= 15 is 0 Å². The molecule has 1 aliphatic carbocycles. The van der Waals surface area contributed by atoms with E-state index < -0.39 is 8.48 Å². The van der Waals surface area contributed by atoms with E-state index in [4.69, 9.17) is 0 Å². The summed E-state index contributed by atoms with van der Waals surface area (Å²) in [6.45, 7) is 4.76. The molecule has 0 aromatic heterocycles. The fourth-order valence-corrected chi connectivity index (χ4v) is 7.16. The average molecular weight is 341 g/mol. The predicted octanol–water partition coefficient (Wildman–Crippen LogP) is 0.439. The molecule has 1 aromatic rings. The molecule has 2 nitrogen and oxygen atoms in total. The highest BCUT2D eigenvalue weighted by atomic mass is 29.2. The second-order valence-electron chi connectivity index (χ2n) is 6.32. The molecule has 0 saturated heterocycles. The number of anilines is 1. The number of benzene rings is 1. The third-order valence-corrected chi connectivity index (χ3v) is 7.32. The van der Waals surface area contributed by atoms with Gasteiger partial charge in [0, 0.05) is 25.2 Å². The van der Waals surface area contributed by atoms with Crippen molar-refractivity contribution >= 4 is 42.2 Å². The van der Waals surface area contributed by atoms with Crippen LogP contribution < -0.4 is 9.96 Å². The van der Waals surface area contributed by atoms with Gasteiger partial charge in [-0.05, 0) is 31.0 Å². The molecule has 2 atom stereocenters. The van der Waals surface area contributed by atoms with E-state index in [-0.39, 0.29) is 8.48 Å². The van der Waals surface area contributed by atoms with Crippen LogP contribution in [-0.2, 0) is 0 Å². The second-order valence-corrected chi connectivity index (χ2v) is 22.0. The van der Waals surface area contributed by atoms with Crippen LogP contribution in [0.1, 0.15) is 32.1 Å². The number of rotatable bonds is 4. The Kier molecular flexibility index (Phi) is 9.45. The molecular formula is C14H32N2Si4. The lowest BCUT2D eigenvalue weighted by molar-refractivity contribution is 0.418. The molecule has 2 N–H and O–H groups in total. The van der Waals surface area contributed by atoms with Gasteiger partial charge in [0.05, 0.1) is 8.48 Å². The van der Waals surface area contributed by atoms with Crippen LogP contribution in [0, 0.1) is 0 Å². The molecule has 1 saturated carbocycles. The first-order chi connectivity index (χ1) is 9.58. The molecule has 0 aliphatic heterocycles. The minimum atomic E-state index is -0.508. The standard InChI is InChI=1S/C7H19NSi2.C7H13NSi2/c2*1-10(9)8-7-5-3-2-4-6-7/h7-8,10H,2-6H2,1,9H3;2-6,8,10H,1,9H3. The Morgan fingerprint density at radius 1 is 0.950 bits per heavy atom. The summed E-state index contributed by atoms with van der Waals surface area (Å²) in [5.74, 6) is 0. The minimum absolute atomic E-state index is 0.355. The van der Waals surface area contributed by atoms with Gasteiger partial charge in [-0.15, -0.1) is 0 Å². The van der Waals surface area contributed by atoms with E-state index in [9.17, 15) is 0 Å². The fraction of sp³-hybridized carbons (Fsp3) is 0.571. The van der Waals surface area contributed by atoms with E-state index in [1.54, 1.807) is 0 Å². The lowest BCUT2D eigenvalue weighted by Gasteiger charge is -2.24. The maximum atomic E-state index is 3.78. The van der Waals surface area contributed by atoms with Gasteiger partial charge in [-0.1, -0.05) is 50.6 Å². The summed E-state index contributed by atoms with van der Waals surface area (Å²) >= 11 is 0. The topological polar surface area (TPSA) is 24.1 Å². The van der Waals surface area contributed by atoms with Crippen molar-refractivity contribution in [1.82, 2.24) is 4.98 Å². The molecule has 0 amide bonds. The molecule has 2 rings (SSSR count). The van der Waals surface area contributed by atoms with Gasteiger partial charge in [-0.3, -0.25) is 0 Å². The number of nitrogens with one attached hydrogen (secondary N) is 2. The molecule has 6 heteroatoms. The van der Waals surface area contributed by atoms with Crippen LogP contribution in [0.3, 0.4) is 0 Å². The summed E-state index contributed by atoms with van der Waals surface area (Å²) < 4.78 is 0. The van der Waals surface area contributed by atoms with Gasteiger partial charge in [-0.25, -0.2) is 0 Å². The van der Waals surface area contributed by atoms with Crippen LogP contribution in [0.15, 0.2) is 30.3 Å². The van der Waals surface area contributed by atoms with Crippen molar-refractivity contribution in [1.29, 1.82) is 0 Å². The molecule has 0 spiro atoms. The number of hydrogen-bond donors (Lipinski definition) is 2. The number of para-hydroxylation sites is 1. The summed E-state index contributed by atoms with van der Waals surface area (Å²) in [6.07, 6.45) is 7.34. The van der Waals surface area contributed by atoms with Gasteiger partial charge in [-0.2, -0.15) is 0 Å². The Morgan fingerprint density at radius 2 is 1.55 bits per heavy atom. The monoisotopic (exact) mass is 340 g/mol. The zero-order valence-electron chi connectivity index (χ0n) is 13.7. The van der Waals surface area contributed by atoms with Crippen LogP contribution in [0.2, 0.25) is 13.1 Å². The van der Waals surface area contributed by atoms with E-state index in [1.807, 2.05) is 6.07 Å². The number of hydrogen-bond acceptors (Lipinski definition) is 2. The summed E-state index contributed by atoms with van der Waals surface area (Å²) in [7, 11) is 1.90. The highest BCUT2D eigenvalue weighted by Crippen LogP contribution is 2.17. The highest BCUT2D eigenvalue weighted by Gasteiger charge is 2.13. The smallest absolute Gasteiger partial charge is 0.112 e.